The number of urea groups is 1. The van der Waals surface area contributed by atoms with Crippen LogP contribution >= 0.6 is 0 Å². The van der Waals surface area contributed by atoms with Gasteiger partial charge in [0, 0.05) is 62.1 Å². The fraction of sp³-hybridized carbons (Fsp3) is 0.536. The minimum atomic E-state index is -4.40. The molecule has 0 unspecified atom stereocenters. The number of nitrogens with one attached hydrogen (secondary N) is 1. The summed E-state index contributed by atoms with van der Waals surface area (Å²) in [5.74, 6) is 0. The maximum atomic E-state index is 13.1. The van der Waals surface area contributed by atoms with E-state index in [-0.39, 0.29) is 11.4 Å². The monoisotopic (exact) mass is 516 g/mol. The van der Waals surface area contributed by atoms with Crippen LogP contribution in [0.15, 0.2) is 42.5 Å². The highest BCUT2D eigenvalue weighted by Crippen LogP contribution is 2.37. The van der Waals surface area contributed by atoms with Crippen molar-refractivity contribution in [1.29, 1.82) is 0 Å². The van der Waals surface area contributed by atoms with Crippen LogP contribution in [0.3, 0.4) is 0 Å². The second-order valence-electron chi connectivity index (χ2n) is 11.0. The second-order valence-corrected chi connectivity index (χ2v) is 11.0. The largest absolute Gasteiger partial charge is 0.416 e. The van der Waals surface area contributed by atoms with E-state index in [9.17, 15) is 18.0 Å². The van der Waals surface area contributed by atoms with E-state index in [4.69, 9.17) is 4.74 Å². The third kappa shape index (κ3) is 5.72. The quantitative estimate of drug-likeness (QED) is 0.599. The van der Waals surface area contributed by atoms with Gasteiger partial charge in [-0.2, -0.15) is 13.2 Å². The number of nitrogens with zero attached hydrogens (tertiary/aromatic N) is 3. The molecule has 2 fully saturated rings. The summed E-state index contributed by atoms with van der Waals surface area (Å²) in [7, 11) is 0. The maximum Gasteiger partial charge on any atom is 0.416 e. The first kappa shape index (κ1) is 25.9. The van der Waals surface area contributed by atoms with Gasteiger partial charge in [-0.15, -0.1) is 0 Å². The lowest BCUT2D eigenvalue weighted by atomic mass is 9.78. The number of anilines is 2. The van der Waals surface area contributed by atoms with Crippen LogP contribution in [-0.2, 0) is 22.9 Å². The number of hydrogen-bond donors (Lipinski definition) is 1. The van der Waals surface area contributed by atoms with Gasteiger partial charge in [0.15, 0.2) is 0 Å². The first-order chi connectivity index (χ1) is 17.6. The van der Waals surface area contributed by atoms with E-state index in [0.29, 0.717) is 24.8 Å². The van der Waals surface area contributed by atoms with Crippen molar-refractivity contribution in [3.8, 4) is 0 Å². The van der Waals surface area contributed by atoms with Crippen molar-refractivity contribution in [1.82, 2.24) is 9.80 Å². The Bertz CT molecular complexity index is 1110. The molecule has 0 bridgehead atoms. The molecule has 0 radical (unpaired) electrons. The highest BCUT2D eigenvalue weighted by Gasteiger charge is 2.35. The lowest BCUT2D eigenvalue weighted by Crippen LogP contribution is -2.49. The zero-order valence-corrected chi connectivity index (χ0v) is 21.5. The molecule has 0 aromatic heterocycles. The molecule has 5 rings (SSSR count). The van der Waals surface area contributed by atoms with Crippen molar-refractivity contribution in [2.24, 2.45) is 0 Å². The molecular formula is C28H35F3N4O2. The van der Waals surface area contributed by atoms with Gasteiger partial charge >= 0.3 is 12.2 Å². The Kier molecular flexibility index (Phi) is 7.11. The number of ether oxygens (including phenoxy) is 1. The number of halogens is 3. The first-order valence-electron chi connectivity index (χ1n) is 13.0. The van der Waals surface area contributed by atoms with E-state index >= 15 is 0 Å². The Balaban J connectivity index is 1.25. The number of fused-ring (bicyclic) bond motifs is 1. The van der Waals surface area contributed by atoms with Gasteiger partial charge in [0.25, 0.3) is 0 Å². The van der Waals surface area contributed by atoms with E-state index in [1.54, 1.807) is 4.90 Å². The van der Waals surface area contributed by atoms with Crippen LogP contribution in [0.2, 0.25) is 0 Å². The normalized spacial score (nSPS) is 21.0. The van der Waals surface area contributed by atoms with E-state index < -0.39 is 11.7 Å². The molecule has 3 heterocycles. The Morgan fingerprint density at radius 1 is 1.00 bits per heavy atom. The van der Waals surface area contributed by atoms with Crippen molar-refractivity contribution >= 4 is 17.4 Å². The fourth-order valence-corrected chi connectivity index (χ4v) is 5.91. The number of benzene rings is 2. The standard InChI is InChI=1S/C28H35F3N4O2/c1-27(2)19-35(26(36)32-22-5-3-21(4-6-22)28(29,30)31)18-20-17-24(7-8-25(20)27)33-11-9-23(10-12-33)34-13-15-37-16-14-34/h3-8,17,23H,9-16,18-19H2,1-2H3,(H,32,36). The van der Waals surface area contributed by atoms with Crippen molar-refractivity contribution in [2.75, 3.05) is 56.2 Å². The van der Waals surface area contributed by atoms with Gasteiger partial charge in [0.05, 0.1) is 18.8 Å². The number of piperidine rings is 1. The number of carbonyl (C=O) groups is 1. The van der Waals surface area contributed by atoms with Crippen LogP contribution < -0.4 is 10.2 Å². The summed E-state index contributed by atoms with van der Waals surface area (Å²) < 4.78 is 44.1. The molecule has 2 saturated heterocycles. The van der Waals surface area contributed by atoms with Gasteiger partial charge in [-0.05, 0) is 60.4 Å². The van der Waals surface area contributed by atoms with Crippen LogP contribution in [0.4, 0.5) is 29.3 Å². The van der Waals surface area contributed by atoms with Crippen LogP contribution in [0.25, 0.3) is 0 Å². The second kappa shape index (κ2) is 10.2. The lowest BCUT2D eigenvalue weighted by Gasteiger charge is -2.42. The van der Waals surface area contributed by atoms with Crippen LogP contribution in [0.5, 0.6) is 0 Å². The molecule has 9 heteroatoms. The predicted molar refractivity (Wildman–Crippen MR) is 138 cm³/mol. The van der Waals surface area contributed by atoms with Gasteiger partial charge in [0.2, 0.25) is 0 Å². The molecule has 3 aliphatic rings. The molecule has 0 atom stereocenters. The Labute approximate surface area is 216 Å². The number of alkyl halides is 3. The van der Waals surface area contributed by atoms with E-state index in [2.05, 4.69) is 47.2 Å². The Morgan fingerprint density at radius 3 is 2.32 bits per heavy atom. The van der Waals surface area contributed by atoms with Gasteiger partial charge in [-0.1, -0.05) is 19.9 Å². The van der Waals surface area contributed by atoms with Crippen LogP contribution in [-0.4, -0.2) is 67.8 Å². The average Bonchev–Trinajstić information content (AvgIpc) is 2.88. The first-order valence-corrected chi connectivity index (χ1v) is 13.0. The van der Waals surface area contributed by atoms with Crippen molar-refractivity contribution < 1.29 is 22.7 Å². The molecule has 2 aromatic rings. The smallest absolute Gasteiger partial charge is 0.379 e. The predicted octanol–water partition coefficient (Wildman–Crippen LogP) is 5.33. The highest BCUT2D eigenvalue weighted by atomic mass is 19.4. The van der Waals surface area contributed by atoms with E-state index in [1.165, 1.54) is 23.4 Å². The Hall–Kier alpha value is -2.78. The summed E-state index contributed by atoms with van der Waals surface area (Å²) >= 11 is 0. The number of rotatable bonds is 3. The minimum Gasteiger partial charge on any atom is -0.379 e. The molecule has 3 aliphatic heterocycles. The van der Waals surface area contributed by atoms with E-state index in [0.717, 1.165) is 69.9 Å². The molecule has 1 N–H and O–H groups in total. The molecule has 200 valence electrons. The number of carbonyl (C=O) groups excluding carboxylic acids is 1. The van der Waals surface area contributed by atoms with Gasteiger partial charge in [0.1, 0.15) is 0 Å². The molecule has 37 heavy (non-hydrogen) atoms. The van der Waals surface area contributed by atoms with Crippen LogP contribution in [0.1, 0.15) is 43.4 Å². The topological polar surface area (TPSA) is 48.1 Å². The molecule has 2 amide bonds. The summed E-state index contributed by atoms with van der Waals surface area (Å²) in [5.41, 5.74) is 2.90. The highest BCUT2D eigenvalue weighted by molar-refractivity contribution is 5.89. The average molecular weight is 517 g/mol. The minimum absolute atomic E-state index is 0.243. The third-order valence-electron chi connectivity index (χ3n) is 7.91. The molecular weight excluding hydrogens is 481 g/mol. The zero-order valence-electron chi connectivity index (χ0n) is 21.5. The molecule has 0 aliphatic carbocycles. The number of hydrogen-bond acceptors (Lipinski definition) is 4. The zero-order chi connectivity index (χ0) is 26.2. The van der Waals surface area contributed by atoms with E-state index in [1.807, 2.05) is 0 Å². The van der Waals surface area contributed by atoms with Crippen molar-refractivity contribution in [2.45, 2.75) is 50.9 Å². The molecule has 0 spiro atoms. The van der Waals surface area contributed by atoms with Gasteiger partial charge in [-0.25, -0.2) is 4.79 Å². The summed E-state index contributed by atoms with van der Waals surface area (Å²) in [6.07, 6.45) is -2.15. The van der Waals surface area contributed by atoms with Crippen molar-refractivity contribution in [3.05, 3.63) is 59.2 Å². The third-order valence-corrected chi connectivity index (χ3v) is 7.91. The maximum absolute atomic E-state index is 13.1. The van der Waals surface area contributed by atoms with Gasteiger partial charge < -0.3 is 19.9 Å². The number of morpholine rings is 1. The lowest BCUT2D eigenvalue weighted by molar-refractivity contribution is -0.137. The molecule has 6 nitrogen and oxygen atoms in total. The molecule has 2 aromatic carbocycles. The number of amides is 2. The summed E-state index contributed by atoms with van der Waals surface area (Å²) in [4.78, 5) is 19.8. The SMILES string of the molecule is CC1(C)CN(C(=O)Nc2ccc(C(F)(F)F)cc2)Cc2cc(N3CCC(N4CCOCC4)CC3)ccc21. The fourth-order valence-electron chi connectivity index (χ4n) is 5.91. The summed E-state index contributed by atoms with van der Waals surface area (Å²) in [6.45, 7) is 10.9. The van der Waals surface area contributed by atoms with Crippen LogP contribution in [0, 0.1) is 0 Å². The van der Waals surface area contributed by atoms with Crippen molar-refractivity contribution in [3.63, 3.8) is 0 Å². The molecule has 0 saturated carbocycles. The van der Waals surface area contributed by atoms with Gasteiger partial charge in [-0.3, -0.25) is 4.90 Å². The Morgan fingerprint density at radius 2 is 1.68 bits per heavy atom. The summed E-state index contributed by atoms with van der Waals surface area (Å²) in [6, 6.07) is 11.5. The summed E-state index contributed by atoms with van der Waals surface area (Å²) in [5, 5.41) is 2.77.